The molecule has 9 aromatic rings. The number of furan rings is 1. The fourth-order valence-corrected chi connectivity index (χ4v) is 7.10. The molecule has 0 atom stereocenters. The lowest BCUT2D eigenvalue weighted by Gasteiger charge is -2.29. The number of benzene rings is 8. The van der Waals surface area contributed by atoms with Gasteiger partial charge in [0.1, 0.15) is 11.2 Å². The van der Waals surface area contributed by atoms with E-state index in [1.165, 1.54) is 38.6 Å². The normalized spacial score (nSPS) is 11.3. The van der Waals surface area contributed by atoms with Gasteiger partial charge >= 0.3 is 0 Å². The molecule has 2 nitrogen and oxygen atoms in total. The van der Waals surface area contributed by atoms with Crippen molar-refractivity contribution in [3.8, 4) is 33.4 Å². The van der Waals surface area contributed by atoms with Gasteiger partial charge in [0.15, 0.2) is 0 Å². The van der Waals surface area contributed by atoms with Gasteiger partial charge < -0.3 is 9.32 Å². The molecule has 8 aromatic carbocycles. The van der Waals surface area contributed by atoms with E-state index in [0.29, 0.717) is 0 Å². The average molecular weight is 614 g/mol. The lowest BCUT2D eigenvalue weighted by atomic mass is 9.88. The van der Waals surface area contributed by atoms with E-state index in [0.717, 1.165) is 44.6 Å². The minimum absolute atomic E-state index is 0.883. The number of rotatable bonds is 6. The van der Waals surface area contributed by atoms with Crippen LogP contribution in [0, 0.1) is 0 Å². The summed E-state index contributed by atoms with van der Waals surface area (Å²) in [4.78, 5) is 2.42. The monoisotopic (exact) mass is 613 g/mol. The fourth-order valence-electron chi connectivity index (χ4n) is 7.10. The maximum atomic E-state index is 6.26. The predicted octanol–water partition coefficient (Wildman–Crippen LogP) is 13.2. The summed E-state index contributed by atoms with van der Waals surface area (Å²) in [5, 5.41) is 4.60. The third kappa shape index (κ3) is 4.74. The quantitative estimate of drug-likeness (QED) is 0.185. The van der Waals surface area contributed by atoms with Crippen LogP contribution >= 0.6 is 0 Å². The van der Waals surface area contributed by atoms with Gasteiger partial charge in [0, 0.05) is 27.4 Å². The van der Waals surface area contributed by atoms with Gasteiger partial charge in [-0.15, -0.1) is 0 Å². The van der Waals surface area contributed by atoms with E-state index in [4.69, 9.17) is 4.42 Å². The third-order valence-electron chi connectivity index (χ3n) is 9.29. The second-order valence-corrected chi connectivity index (χ2v) is 12.1. The second kappa shape index (κ2) is 11.8. The van der Waals surface area contributed by atoms with Crippen molar-refractivity contribution in [2.75, 3.05) is 4.90 Å². The van der Waals surface area contributed by atoms with Crippen LogP contribution in [0.5, 0.6) is 0 Å². The molecule has 226 valence electrons. The van der Waals surface area contributed by atoms with Crippen LogP contribution in [0.4, 0.5) is 17.1 Å². The van der Waals surface area contributed by atoms with Crippen LogP contribution in [0.2, 0.25) is 0 Å². The Morgan fingerprint density at radius 3 is 1.69 bits per heavy atom. The maximum absolute atomic E-state index is 6.26. The number of fused-ring (bicyclic) bond motifs is 4. The molecule has 0 N–H and O–H groups in total. The van der Waals surface area contributed by atoms with E-state index in [9.17, 15) is 0 Å². The molecule has 1 heterocycles. The van der Waals surface area contributed by atoms with Crippen molar-refractivity contribution in [2.45, 2.75) is 0 Å². The Morgan fingerprint density at radius 1 is 0.333 bits per heavy atom. The highest BCUT2D eigenvalue weighted by Crippen LogP contribution is 2.47. The van der Waals surface area contributed by atoms with Gasteiger partial charge in [-0.25, -0.2) is 0 Å². The summed E-state index contributed by atoms with van der Waals surface area (Å²) in [5.41, 5.74) is 12.2. The first-order valence-corrected chi connectivity index (χ1v) is 16.4. The molecule has 0 spiro atoms. The zero-order valence-corrected chi connectivity index (χ0v) is 26.3. The summed E-state index contributed by atoms with van der Waals surface area (Å²) in [6.07, 6.45) is 0. The highest BCUT2D eigenvalue weighted by atomic mass is 16.3. The van der Waals surface area contributed by atoms with Crippen LogP contribution in [0.1, 0.15) is 0 Å². The second-order valence-electron chi connectivity index (χ2n) is 12.1. The Kier molecular flexibility index (Phi) is 6.84. The van der Waals surface area contributed by atoms with Crippen LogP contribution in [-0.4, -0.2) is 0 Å². The SMILES string of the molecule is c1ccc(-c2ccccc2-c2ccccc2-c2ccccc2N(c2ccc3oc4ccccc4c3c2)c2cccc3ccccc23)cc1. The van der Waals surface area contributed by atoms with Gasteiger partial charge in [-0.2, -0.15) is 0 Å². The summed E-state index contributed by atoms with van der Waals surface area (Å²) < 4.78 is 6.26. The molecule has 0 fully saturated rings. The fraction of sp³-hybridized carbons (Fsp3) is 0. The molecule has 0 amide bonds. The lowest BCUT2D eigenvalue weighted by molar-refractivity contribution is 0.669. The Morgan fingerprint density at radius 2 is 0.875 bits per heavy atom. The molecule has 0 aliphatic carbocycles. The third-order valence-corrected chi connectivity index (χ3v) is 9.29. The van der Waals surface area contributed by atoms with E-state index in [2.05, 4.69) is 181 Å². The summed E-state index contributed by atoms with van der Waals surface area (Å²) in [7, 11) is 0. The van der Waals surface area contributed by atoms with Crippen molar-refractivity contribution in [3.05, 3.63) is 188 Å². The average Bonchev–Trinajstić information content (AvgIpc) is 3.54. The van der Waals surface area contributed by atoms with E-state index >= 15 is 0 Å². The topological polar surface area (TPSA) is 16.4 Å². The van der Waals surface area contributed by atoms with E-state index in [1.54, 1.807) is 0 Å². The first kappa shape index (κ1) is 27.9. The molecule has 0 aliphatic rings. The van der Waals surface area contributed by atoms with Crippen LogP contribution in [0.15, 0.2) is 192 Å². The summed E-state index contributed by atoms with van der Waals surface area (Å²) in [6, 6.07) is 67.0. The number of nitrogens with zero attached hydrogens (tertiary/aromatic N) is 1. The molecular weight excluding hydrogens is 583 g/mol. The van der Waals surface area contributed by atoms with Crippen molar-refractivity contribution < 1.29 is 4.42 Å². The standard InChI is InChI=1S/C46H31NO/c1-2-15-32(16-3-1)35-19-6-7-21-37(35)38-22-8-9-23-39(38)40-24-10-12-26-44(40)47(43-27-14-18-33-17-4-5-20-36(33)43)34-29-30-46-42(31-34)41-25-11-13-28-45(41)48-46/h1-31H. The molecule has 0 aliphatic heterocycles. The van der Waals surface area contributed by atoms with Gasteiger partial charge in [0.25, 0.3) is 0 Å². The molecule has 0 bridgehead atoms. The highest BCUT2D eigenvalue weighted by molar-refractivity contribution is 6.08. The maximum Gasteiger partial charge on any atom is 0.135 e. The van der Waals surface area contributed by atoms with Crippen molar-refractivity contribution >= 4 is 49.8 Å². The molecule has 9 rings (SSSR count). The Bertz CT molecular complexity index is 2570. The summed E-state index contributed by atoms with van der Waals surface area (Å²) in [6.45, 7) is 0. The number of anilines is 3. The highest BCUT2D eigenvalue weighted by Gasteiger charge is 2.22. The van der Waals surface area contributed by atoms with Crippen LogP contribution in [0.3, 0.4) is 0 Å². The first-order valence-electron chi connectivity index (χ1n) is 16.4. The molecule has 0 unspecified atom stereocenters. The van der Waals surface area contributed by atoms with Gasteiger partial charge in [0.2, 0.25) is 0 Å². The van der Waals surface area contributed by atoms with Gasteiger partial charge in [-0.1, -0.05) is 152 Å². The van der Waals surface area contributed by atoms with Crippen molar-refractivity contribution in [1.82, 2.24) is 0 Å². The lowest BCUT2D eigenvalue weighted by Crippen LogP contribution is -2.12. The summed E-state index contributed by atoms with van der Waals surface area (Å²) in [5.74, 6) is 0. The van der Waals surface area contributed by atoms with Gasteiger partial charge in [0.05, 0.1) is 11.4 Å². The Labute approximate surface area is 279 Å². The zero-order chi connectivity index (χ0) is 31.9. The molecule has 2 heteroatoms. The van der Waals surface area contributed by atoms with Crippen LogP contribution in [0.25, 0.3) is 66.1 Å². The van der Waals surface area contributed by atoms with Crippen molar-refractivity contribution in [3.63, 3.8) is 0 Å². The molecule has 0 radical (unpaired) electrons. The smallest absolute Gasteiger partial charge is 0.135 e. The predicted molar refractivity (Wildman–Crippen MR) is 202 cm³/mol. The van der Waals surface area contributed by atoms with E-state index < -0.39 is 0 Å². The summed E-state index contributed by atoms with van der Waals surface area (Å²) >= 11 is 0. The minimum Gasteiger partial charge on any atom is -0.456 e. The number of hydrogen-bond acceptors (Lipinski definition) is 2. The molecule has 0 saturated heterocycles. The molecule has 1 aromatic heterocycles. The first-order chi connectivity index (χ1) is 23.8. The Balaban J connectivity index is 1.31. The zero-order valence-electron chi connectivity index (χ0n) is 26.3. The Hall–Kier alpha value is -6.38. The largest absolute Gasteiger partial charge is 0.456 e. The van der Waals surface area contributed by atoms with Crippen molar-refractivity contribution in [1.29, 1.82) is 0 Å². The molecular formula is C46H31NO. The van der Waals surface area contributed by atoms with Gasteiger partial charge in [-0.05, 0) is 69.6 Å². The molecule has 0 saturated carbocycles. The molecule has 48 heavy (non-hydrogen) atoms. The van der Waals surface area contributed by atoms with Gasteiger partial charge in [-0.3, -0.25) is 0 Å². The van der Waals surface area contributed by atoms with Crippen LogP contribution < -0.4 is 4.90 Å². The van der Waals surface area contributed by atoms with E-state index in [1.807, 2.05) is 12.1 Å². The number of hydrogen-bond donors (Lipinski definition) is 0. The van der Waals surface area contributed by atoms with Crippen molar-refractivity contribution in [2.24, 2.45) is 0 Å². The number of para-hydroxylation sites is 2. The van der Waals surface area contributed by atoms with E-state index in [-0.39, 0.29) is 0 Å². The van der Waals surface area contributed by atoms with Crippen LogP contribution in [-0.2, 0) is 0 Å². The minimum atomic E-state index is 0.883.